The zero-order valence-electron chi connectivity index (χ0n) is 3.68. The summed E-state index contributed by atoms with van der Waals surface area (Å²) in [5, 5.41) is 14.6. The van der Waals surface area contributed by atoms with Gasteiger partial charge in [-0.15, -0.1) is 0 Å². The van der Waals surface area contributed by atoms with Crippen LogP contribution in [0.4, 0.5) is 0 Å². The minimum Gasteiger partial charge on any atom is -0.356 e. The lowest BCUT2D eigenvalue weighted by atomic mass is 10.5. The maximum Gasteiger partial charge on any atom is 0.133 e. The second kappa shape index (κ2) is 1.52. The molecule has 1 radical (unpaired) electrons. The predicted octanol–water partition coefficient (Wildman–Crippen LogP) is -0.484. The number of hydrogen-bond acceptors (Lipinski definition) is 2. The molecule has 1 heterocycles. The summed E-state index contributed by atoms with van der Waals surface area (Å²) in [5.41, 5.74) is 0.556. The Hall–Kier alpha value is -1.17. The molecule has 0 saturated heterocycles. The molecular weight excluding hydrogens is 90.1 g/mol. The molecule has 0 unspecified atom stereocenters. The molecule has 0 fully saturated rings. The highest BCUT2D eigenvalue weighted by molar-refractivity contribution is 5.19. The Kier molecular flexibility index (Phi) is 0.868. The Balaban J connectivity index is 2.57. The van der Waals surface area contributed by atoms with E-state index in [1.165, 1.54) is 6.20 Å². The van der Waals surface area contributed by atoms with Crippen molar-refractivity contribution in [2.24, 2.45) is 0 Å². The first-order valence-electron chi connectivity index (χ1n) is 1.94. The molecule has 0 amide bonds. The highest BCUT2D eigenvalue weighted by atomic mass is 15.1. The van der Waals surface area contributed by atoms with Gasteiger partial charge in [0.1, 0.15) is 18.4 Å². The van der Waals surface area contributed by atoms with Gasteiger partial charge in [0.05, 0.1) is 6.20 Å². The normalized spacial score (nSPS) is 16.1. The summed E-state index contributed by atoms with van der Waals surface area (Å²) in [4.78, 5) is 0. The molecule has 1 aliphatic rings. The lowest BCUT2D eigenvalue weighted by Gasteiger charge is -1.84. The van der Waals surface area contributed by atoms with Crippen molar-refractivity contribution in [2.75, 3.05) is 6.67 Å². The van der Waals surface area contributed by atoms with Crippen molar-refractivity contribution in [1.82, 2.24) is 10.6 Å². The van der Waals surface area contributed by atoms with Gasteiger partial charge in [0.15, 0.2) is 0 Å². The summed E-state index contributed by atoms with van der Waals surface area (Å²) in [5.74, 6) is 0. The summed E-state index contributed by atoms with van der Waals surface area (Å²) in [6.07, 6.45) is 1.53. The van der Waals surface area contributed by atoms with Gasteiger partial charge >= 0.3 is 0 Å². The molecule has 1 aliphatic heterocycles. The molecule has 0 aromatic rings. The lowest BCUT2D eigenvalue weighted by molar-refractivity contribution is 0.812. The van der Waals surface area contributed by atoms with Gasteiger partial charge in [-0.25, -0.2) is 0 Å². The van der Waals surface area contributed by atoms with Crippen molar-refractivity contribution in [3.63, 3.8) is 0 Å². The second-order valence-electron chi connectivity index (χ2n) is 1.17. The van der Waals surface area contributed by atoms with E-state index >= 15 is 0 Å². The highest BCUT2D eigenvalue weighted by Gasteiger charge is 1.98. The maximum absolute atomic E-state index is 8.13. The number of nitrogens with zero attached hydrogens (tertiary/aromatic N) is 2. The summed E-state index contributed by atoms with van der Waals surface area (Å²) in [6.45, 7) is 0.558. The average Bonchev–Trinajstić information content (AvgIpc) is 2.14. The van der Waals surface area contributed by atoms with Crippen molar-refractivity contribution in [3.05, 3.63) is 11.9 Å². The predicted molar refractivity (Wildman–Crippen MR) is 23.8 cm³/mol. The van der Waals surface area contributed by atoms with Gasteiger partial charge in [-0.2, -0.15) is 5.26 Å². The Morgan fingerprint density at radius 1 is 2.00 bits per heavy atom. The van der Waals surface area contributed by atoms with Crippen LogP contribution in [0, 0.1) is 11.3 Å². The fraction of sp³-hybridized carbons (Fsp3) is 0.250. The average molecular weight is 94.1 g/mol. The molecule has 1 rings (SSSR count). The second-order valence-corrected chi connectivity index (χ2v) is 1.17. The molecule has 0 aromatic heterocycles. The SMILES string of the molecule is N#CC1=C[N]CN1. The molecule has 0 atom stereocenters. The summed E-state index contributed by atoms with van der Waals surface area (Å²) < 4.78 is 0. The molecule has 0 aromatic carbocycles. The van der Waals surface area contributed by atoms with Gasteiger partial charge in [0, 0.05) is 0 Å². The number of rotatable bonds is 0. The Morgan fingerprint density at radius 2 is 2.86 bits per heavy atom. The van der Waals surface area contributed by atoms with Gasteiger partial charge in [-0.3, -0.25) is 5.32 Å². The minimum absolute atomic E-state index is 0.556. The first kappa shape index (κ1) is 4.00. The van der Waals surface area contributed by atoms with Gasteiger partial charge in [0.25, 0.3) is 0 Å². The monoisotopic (exact) mass is 94.0 g/mol. The van der Waals surface area contributed by atoms with Gasteiger partial charge < -0.3 is 5.32 Å². The van der Waals surface area contributed by atoms with Crippen molar-refractivity contribution in [2.45, 2.75) is 0 Å². The van der Waals surface area contributed by atoms with Crippen LogP contribution in [0.3, 0.4) is 0 Å². The van der Waals surface area contributed by atoms with Crippen LogP contribution in [0.25, 0.3) is 0 Å². The molecular formula is C4H4N3. The molecule has 0 aliphatic carbocycles. The third kappa shape index (κ3) is 0.631. The fourth-order valence-electron chi connectivity index (χ4n) is 0.382. The van der Waals surface area contributed by atoms with Crippen molar-refractivity contribution in [3.8, 4) is 6.07 Å². The van der Waals surface area contributed by atoms with E-state index in [1.807, 2.05) is 6.07 Å². The number of allylic oxidation sites excluding steroid dienone is 1. The van der Waals surface area contributed by atoms with Crippen molar-refractivity contribution in [1.29, 1.82) is 5.26 Å². The molecule has 1 N–H and O–H groups in total. The third-order valence-corrected chi connectivity index (χ3v) is 0.702. The maximum atomic E-state index is 8.13. The first-order chi connectivity index (χ1) is 3.43. The van der Waals surface area contributed by atoms with E-state index in [4.69, 9.17) is 5.26 Å². The lowest BCUT2D eigenvalue weighted by Crippen LogP contribution is -2.09. The van der Waals surface area contributed by atoms with Crippen LogP contribution in [-0.4, -0.2) is 6.67 Å². The van der Waals surface area contributed by atoms with Crippen LogP contribution in [-0.2, 0) is 0 Å². The Morgan fingerprint density at radius 3 is 3.14 bits per heavy atom. The summed E-state index contributed by atoms with van der Waals surface area (Å²) >= 11 is 0. The van der Waals surface area contributed by atoms with Crippen LogP contribution in [0.2, 0.25) is 0 Å². The summed E-state index contributed by atoms with van der Waals surface area (Å²) in [7, 11) is 0. The fourth-order valence-corrected chi connectivity index (χ4v) is 0.382. The molecule has 0 saturated carbocycles. The van der Waals surface area contributed by atoms with Crippen LogP contribution < -0.4 is 10.6 Å². The molecule has 3 heteroatoms. The van der Waals surface area contributed by atoms with Gasteiger partial charge in [-0.1, -0.05) is 0 Å². The van der Waals surface area contributed by atoms with E-state index in [9.17, 15) is 0 Å². The van der Waals surface area contributed by atoms with E-state index in [0.717, 1.165) is 0 Å². The quantitative estimate of drug-likeness (QED) is 0.440. The van der Waals surface area contributed by atoms with E-state index in [2.05, 4.69) is 10.6 Å². The Bertz CT molecular complexity index is 130. The van der Waals surface area contributed by atoms with Crippen LogP contribution >= 0.6 is 0 Å². The zero-order valence-corrected chi connectivity index (χ0v) is 3.68. The van der Waals surface area contributed by atoms with E-state index < -0.39 is 0 Å². The molecule has 0 spiro atoms. The summed E-state index contributed by atoms with van der Waals surface area (Å²) in [6, 6.07) is 1.92. The van der Waals surface area contributed by atoms with Crippen LogP contribution in [0.1, 0.15) is 0 Å². The molecule has 3 nitrogen and oxygen atoms in total. The van der Waals surface area contributed by atoms with E-state index in [-0.39, 0.29) is 0 Å². The number of nitriles is 1. The van der Waals surface area contributed by atoms with E-state index in [1.54, 1.807) is 0 Å². The first-order valence-corrected chi connectivity index (χ1v) is 1.94. The smallest absolute Gasteiger partial charge is 0.133 e. The van der Waals surface area contributed by atoms with E-state index in [0.29, 0.717) is 12.4 Å². The highest BCUT2D eigenvalue weighted by Crippen LogP contribution is 1.87. The number of hydrogen-bond donors (Lipinski definition) is 1. The standard InChI is InChI=1S/C4H4N3/c5-1-4-2-6-3-7-4/h2,7H,3H2. The largest absolute Gasteiger partial charge is 0.356 e. The molecule has 0 bridgehead atoms. The van der Waals surface area contributed by atoms with Crippen molar-refractivity contribution >= 4 is 0 Å². The molecule has 35 valence electrons. The van der Waals surface area contributed by atoms with Gasteiger partial charge in [-0.05, 0) is 0 Å². The van der Waals surface area contributed by atoms with Crippen LogP contribution in [0.5, 0.6) is 0 Å². The minimum atomic E-state index is 0.556. The number of nitrogens with one attached hydrogen (secondary N) is 1. The topological polar surface area (TPSA) is 49.9 Å². The van der Waals surface area contributed by atoms with Crippen molar-refractivity contribution < 1.29 is 0 Å². The third-order valence-electron chi connectivity index (χ3n) is 0.702. The molecule has 7 heavy (non-hydrogen) atoms. The zero-order chi connectivity index (χ0) is 5.11. The van der Waals surface area contributed by atoms with Gasteiger partial charge in [0.2, 0.25) is 0 Å². The van der Waals surface area contributed by atoms with Crippen LogP contribution in [0.15, 0.2) is 11.9 Å². The Labute approximate surface area is 41.6 Å².